The highest BCUT2D eigenvalue weighted by Crippen LogP contribution is 2.24. The Hall–Kier alpha value is -1.78. The Bertz CT molecular complexity index is 437. The molecular weight excluding hydrogens is 254 g/mol. The summed E-state index contributed by atoms with van der Waals surface area (Å²) in [6.07, 6.45) is 3.61. The predicted molar refractivity (Wildman–Crippen MR) is 80.1 cm³/mol. The summed E-state index contributed by atoms with van der Waals surface area (Å²) in [7, 11) is 3.96. The van der Waals surface area contributed by atoms with E-state index in [4.69, 9.17) is 4.74 Å². The van der Waals surface area contributed by atoms with Crippen molar-refractivity contribution < 1.29 is 9.53 Å². The van der Waals surface area contributed by atoms with Gasteiger partial charge in [-0.25, -0.2) is 4.98 Å². The van der Waals surface area contributed by atoms with Gasteiger partial charge in [0.15, 0.2) is 0 Å². The molecule has 1 aliphatic rings. The van der Waals surface area contributed by atoms with Crippen LogP contribution < -0.4 is 9.80 Å². The molecular formula is C15H23N3O2. The number of aromatic nitrogens is 1. The topological polar surface area (TPSA) is 45.7 Å². The molecule has 0 atom stereocenters. The molecule has 0 bridgehead atoms. The molecule has 1 saturated heterocycles. The van der Waals surface area contributed by atoms with E-state index >= 15 is 0 Å². The molecule has 0 radical (unpaired) electrons. The Balaban J connectivity index is 1.91. The Morgan fingerprint density at radius 3 is 2.60 bits per heavy atom. The summed E-state index contributed by atoms with van der Waals surface area (Å²) in [5.41, 5.74) is 1.12. The Morgan fingerprint density at radius 1 is 1.40 bits per heavy atom. The third kappa shape index (κ3) is 3.40. The third-order valence-electron chi connectivity index (χ3n) is 3.67. The molecule has 5 heteroatoms. The average Bonchev–Trinajstić information content (AvgIpc) is 2.48. The first-order chi connectivity index (χ1) is 9.61. The number of hydrogen-bond acceptors (Lipinski definition) is 5. The van der Waals surface area contributed by atoms with Crippen LogP contribution in [0.2, 0.25) is 0 Å². The smallest absolute Gasteiger partial charge is 0.309 e. The van der Waals surface area contributed by atoms with Gasteiger partial charge in [-0.1, -0.05) is 0 Å². The maximum absolute atomic E-state index is 11.7. The number of pyridine rings is 1. The van der Waals surface area contributed by atoms with Gasteiger partial charge in [-0.2, -0.15) is 0 Å². The van der Waals surface area contributed by atoms with Crippen LogP contribution in [-0.4, -0.2) is 44.7 Å². The highest BCUT2D eigenvalue weighted by Gasteiger charge is 2.26. The number of nitrogens with zero attached hydrogens (tertiary/aromatic N) is 3. The van der Waals surface area contributed by atoms with Gasteiger partial charge in [0.05, 0.1) is 24.4 Å². The number of esters is 1. The molecule has 2 heterocycles. The fourth-order valence-corrected chi connectivity index (χ4v) is 2.46. The monoisotopic (exact) mass is 277 g/mol. The van der Waals surface area contributed by atoms with Gasteiger partial charge < -0.3 is 14.5 Å². The van der Waals surface area contributed by atoms with Crippen molar-refractivity contribution in [3.05, 3.63) is 18.3 Å². The summed E-state index contributed by atoms with van der Waals surface area (Å²) in [6, 6.07) is 4.11. The largest absolute Gasteiger partial charge is 0.466 e. The van der Waals surface area contributed by atoms with E-state index in [1.807, 2.05) is 38.2 Å². The summed E-state index contributed by atoms with van der Waals surface area (Å²) < 4.78 is 5.09. The molecule has 0 aliphatic carbocycles. The van der Waals surface area contributed by atoms with Gasteiger partial charge in [0.1, 0.15) is 5.82 Å². The van der Waals surface area contributed by atoms with Crippen molar-refractivity contribution in [3.63, 3.8) is 0 Å². The summed E-state index contributed by atoms with van der Waals surface area (Å²) in [5, 5.41) is 0. The lowest BCUT2D eigenvalue weighted by Crippen LogP contribution is -2.37. The molecule has 1 aromatic heterocycles. The van der Waals surface area contributed by atoms with Gasteiger partial charge in [0.25, 0.3) is 0 Å². The van der Waals surface area contributed by atoms with Crippen molar-refractivity contribution in [3.8, 4) is 0 Å². The molecule has 1 aliphatic heterocycles. The fourth-order valence-electron chi connectivity index (χ4n) is 2.46. The molecule has 0 unspecified atom stereocenters. The lowest BCUT2D eigenvalue weighted by Gasteiger charge is -2.32. The van der Waals surface area contributed by atoms with Crippen molar-refractivity contribution in [2.45, 2.75) is 19.8 Å². The normalized spacial score (nSPS) is 16.1. The molecule has 0 aromatic carbocycles. The lowest BCUT2D eigenvalue weighted by molar-refractivity contribution is -0.148. The minimum Gasteiger partial charge on any atom is -0.466 e. The fraction of sp³-hybridized carbons (Fsp3) is 0.600. The molecule has 110 valence electrons. The number of anilines is 2. The van der Waals surface area contributed by atoms with Crippen LogP contribution in [0, 0.1) is 5.92 Å². The van der Waals surface area contributed by atoms with Gasteiger partial charge in [-0.15, -0.1) is 0 Å². The zero-order chi connectivity index (χ0) is 14.5. The minimum atomic E-state index is -0.0479. The van der Waals surface area contributed by atoms with Crippen LogP contribution in [0.15, 0.2) is 18.3 Å². The van der Waals surface area contributed by atoms with E-state index in [0.717, 1.165) is 37.4 Å². The van der Waals surface area contributed by atoms with E-state index in [2.05, 4.69) is 16.0 Å². The summed E-state index contributed by atoms with van der Waals surface area (Å²) in [4.78, 5) is 20.4. The summed E-state index contributed by atoms with van der Waals surface area (Å²) >= 11 is 0. The van der Waals surface area contributed by atoms with Gasteiger partial charge in [-0.05, 0) is 31.9 Å². The van der Waals surface area contributed by atoms with Crippen molar-refractivity contribution in [2.24, 2.45) is 5.92 Å². The number of rotatable bonds is 4. The van der Waals surface area contributed by atoms with Gasteiger partial charge in [-0.3, -0.25) is 4.79 Å². The number of hydrogen-bond donors (Lipinski definition) is 0. The second-order valence-corrected chi connectivity index (χ2v) is 5.28. The third-order valence-corrected chi connectivity index (χ3v) is 3.67. The van der Waals surface area contributed by atoms with E-state index in [1.165, 1.54) is 0 Å². The highest BCUT2D eigenvalue weighted by atomic mass is 16.5. The first-order valence-corrected chi connectivity index (χ1v) is 7.16. The van der Waals surface area contributed by atoms with Crippen molar-refractivity contribution in [1.29, 1.82) is 0 Å². The van der Waals surface area contributed by atoms with E-state index in [0.29, 0.717) is 6.61 Å². The van der Waals surface area contributed by atoms with Crippen LogP contribution in [0.1, 0.15) is 19.8 Å². The van der Waals surface area contributed by atoms with Crippen LogP contribution in [0.25, 0.3) is 0 Å². The van der Waals surface area contributed by atoms with E-state index in [1.54, 1.807) is 0 Å². The molecule has 1 aromatic rings. The Labute approximate surface area is 120 Å². The van der Waals surface area contributed by atoms with Crippen LogP contribution in [0.3, 0.4) is 0 Å². The maximum atomic E-state index is 11.7. The average molecular weight is 277 g/mol. The quantitative estimate of drug-likeness (QED) is 0.787. The first kappa shape index (κ1) is 14.6. The second kappa shape index (κ2) is 6.59. The van der Waals surface area contributed by atoms with Gasteiger partial charge in [0.2, 0.25) is 0 Å². The number of ether oxygens (including phenoxy) is 1. The SMILES string of the molecule is CCOC(=O)C1CCN(c2ccc(N(C)C)nc2)CC1. The van der Waals surface area contributed by atoms with Crippen LogP contribution in [0.4, 0.5) is 11.5 Å². The number of piperidine rings is 1. The van der Waals surface area contributed by atoms with Crippen LogP contribution >= 0.6 is 0 Å². The number of carbonyl (C=O) groups excluding carboxylic acids is 1. The van der Waals surface area contributed by atoms with Crippen molar-refractivity contribution >= 4 is 17.5 Å². The maximum Gasteiger partial charge on any atom is 0.309 e. The van der Waals surface area contributed by atoms with Crippen LogP contribution in [0.5, 0.6) is 0 Å². The van der Waals surface area contributed by atoms with E-state index in [9.17, 15) is 4.79 Å². The molecule has 0 spiro atoms. The van der Waals surface area contributed by atoms with E-state index in [-0.39, 0.29) is 11.9 Å². The van der Waals surface area contributed by atoms with Crippen LogP contribution in [-0.2, 0) is 9.53 Å². The molecule has 20 heavy (non-hydrogen) atoms. The predicted octanol–water partition coefficient (Wildman–Crippen LogP) is 1.93. The first-order valence-electron chi connectivity index (χ1n) is 7.16. The zero-order valence-electron chi connectivity index (χ0n) is 12.5. The van der Waals surface area contributed by atoms with Gasteiger partial charge in [0, 0.05) is 27.2 Å². The minimum absolute atomic E-state index is 0.0479. The standard InChI is InChI=1S/C15H23N3O2/c1-4-20-15(19)12-7-9-18(10-8-12)13-5-6-14(16-11-13)17(2)3/h5-6,11-12H,4,7-10H2,1-3H3. The summed E-state index contributed by atoms with van der Waals surface area (Å²) in [5.74, 6) is 0.962. The van der Waals surface area contributed by atoms with E-state index < -0.39 is 0 Å². The Morgan fingerprint density at radius 2 is 2.10 bits per heavy atom. The second-order valence-electron chi connectivity index (χ2n) is 5.28. The molecule has 1 fully saturated rings. The molecule has 0 amide bonds. The zero-order valence-corrected chi connectivity index (χ0v) is 12.5. The molecule has 0 N–H and O–H groups in total. The Kier molecular flexibility index (Phi) is 4.82. The lowest BCUT2D eigenvalue weighted by atomic mass is 9.97. The molecule has 5 nitrogen and oxygen atoms in total. The summed E-state index contributed by atoms with van der Waals surface area (Å²) in [6.45, 7) is 4.08. The van der Waals surface area contributed by atoms with Crippen molar-refractivity contribution in [2.75, 3.05) is 43.6 Å². The van der Waals surface area contributed by atoms with Gasteiger partial charge >= 0.3 is 5.97 Å². The molecule has 2 rings (SSSR count). The highest BCUT2D eigenvalue weighted by molar-refractivity contribution is 5.72. The number of carbonyl (C=O) groups is 1. The molecule has 0 saturated carbocycles. The van der Waals surface area contributed by atoms with Crippen molar-refractivity contribution in [1.82, 2.24) is 4.98 Å².